The maximum Gasteiger partial charge on any atom is 0.0431 e. The summed E-state index contributed by atoms with van der Waals surface area (Å²) in [6.45, 7) is 4.48. The second-order valence-electron chi connectivity index (χ2n) is 5.82. The molecule has 0 aromatic rings. The third-order valence-electron chi connectivity index (χ3n) is 4.32. The lowest BCUT2D eigenvalue weighted by Crippen LogP contribution is -2.12. The maximum atomic E-state index is 8.74. The van der Waals surface area contributed by atoms with E-state index in [4.69, 9.17) is 5.11 Å². The molecule has 1 aliphatic carbocycles. The number of aliphatic hydroxyl groups is 1. The maximum absolute atomic E-state index is 8.74. The highest BCUT2D eigenvalue weighted by Crippen LogP contribution is 2.31. The van der Waals surface area contributed by atoms with Gasteiger partial charge in [-0.05, 0) is 24.7 Å². The Hall–Kier alpha value is -0.0400. The number of aliphatic hydroxyl groups excluding tert-OH is 1. The SMILES string of the molecule is [CH2]CC1CCCCCC(CCCCCCO)C1. The van der Waals surface area contributed by atoms with Gasteiger partial charge in [-0.3, -0.25) is 0 Å². The third-order valence-corrected chi connectivity index (χ3v) is 4.32. The molecule has 1 aliphatic rings. The largest absolute Gasteiger partial charge is 0.396 e. The van der Waals surface area contributed by atoms with E-state index >= 15 is 0 Å². The van der Waals surface area contributed by atoms with Crippen molar-refractivity contribution in [3.05, 3.63) is 6.92 Å². The van der Waals surface area contributed by atoms with Crippen LogP contribution in [0.25, 0.3) is 0 Å². The van der Waals surface area contributed by atoms with Crippen molar-refractivity contribution in [2.24, 2.45) is 11.8 Å². The first-order valence-electron chi connectivity index (χ1n) is 7.77. The Morgan fingerprint density at radius 2 is 1.59 bits per heavy atom. The topological polar surface area (TPSA) is 20.2 Å². The predicted molar refractivity (Wildman–Crippen MR) is 74.8 cm³/mol. The Balaban J connectivity index is 2.14. The molecule has 1 saturated carbocycles. The first-order chi connectivity index (χ1) is 8.36. The minimum absolute atomic E-state index is 0.368. The summed E-state index contributed by atoms with van der Waals surface area (Å²) in [5.74, 6) is 1.87. The van der Waals surface area contributed by atoms with Crippen LogP contribution in [0.4, 0.5) is 0 Å². The van der Waals surface area contributed by atoms with Crippen molar-refractivity contribution >= 4 is 0 Å². The highest BCUT2D eigenvalue weighted by atomic mass is 16.2. The van der Waals surface area contributed by atoms with Gasteiger partial charge in [0.1, 0.15) is 0 Å². The van der Waals surface area contributed by atoms with E-state index in [1.807, 2.05) is 0 Å². The molecule has 0 heterocycles. The Kier molecular flexibility index (Phi) is 8.78. The molecule has 0 saturated heterocycles. The first kappa shape index (κ1) is 15.0. The Morgan fingerprint density at radius 1 is 0.882 bits per heavy atom. The quantitative estimate of drug-likeness (QED) is 0.636. The minimum Gasteiger partial charge on any atom is -0.396 e. The fourth-order valence-corrected chi connectivity index (χ4v) is 3.17. The zero-order valence-electron chi connectivity index (χ0n) is 11.5. The normalized spacial score (nSPS) is 26.5. The zero-order valence-corrected chi connectivity index (χ0v) is 11.5. The molecule has 1 nitrogen and oxygen atoms in total. The number of hydrogen-bond donors (Lipinski definition) is 1. The molecule has 0 aliphatic heterocycles. The van der Waals surface area contributed by atoms with Gasteiger partial charge in [-0.2, -0.15) is 0 Å². The monoisotopic (exact) mass is 239 g/mol. The van der Waals surface area contributed by atoms with Crippen LogP contribution in [0.1, 0.15) is 77.0 Å². The molecule has 0 aromatic heterocycles. The molecule has 1 N–H and O–H groups in total. The summed E-state index contributed by atoms with van der Waals surface area (Å²) in [5, 5.41) is 8.74. The van der Waals surface area contributed by atoms with Crippen molar-refractivity contribution in [2.75, 3.05) is 6.61 Å². The van der Waals surface area contributed by atoms with Crippen LogP contribution in [0.3, 0.4) is 0 Å². The molecule has 0 amide bonds. The fourth-order valence-electron chi connectivity index (χ4n) is 3.17. The van der Waals surface area contributed by atoms with E-state index in [1.165, 1.54) is 64.2 Å². The van der Waals surface area contributed by atoms with Crippen molar-refractivity contribution in [1.29, 1.82) is 0 Å². The van der Waals surface area contributed by atoms with Crippen LogP contribution < -0.4 is 0 Å². The molecular formula is C16H31O. The van der Waals surface area contributed by atoms with E-state index in [0.717, 1.165) is 24.7 Å². The molecule has 1 fully saturated rings. The van der Waals surface area contributed by atoms with Crippen molar-refractivity contribution in [3.63, 3.8) is 0 Å². The minimum atomic E-state index is 0.368. The Labute approximate surface area is 108 Å². The van der Waals surface area contributed by atoms with E-state index in [1.54, 1.807) is 0 Å². The lowest BCUT2D eigenvalue weighted by Gasteiger charge is -2.25. The molecule has 0 bridgehead atoms. The third kappa shape index (κ3) is 7.08. The highest BCUT2D eigenvalue weighted by molar-refractivity contribution is 4.71. The molecule has 0 aromatic carbocycles. The first-order valence-corrected chi connectivity index (χ1v) is 7.77. The second kappa shape index (κ2) is 9.94. The standard InChI is InChI=1S/C16H31O/c1-2-15-10-7-5-8-12-16(14-15)11-6-3-4-9-13-17/h15-17H,1-14H2. The molecule has 1 heteroatoms. The van der Waals surface area contributed by atoms with Crippen LogP contribution in [0.5, 0.6) is 0 Å². The summed E-state index contributed by atoms with van der Waals surface area (Å²) in [6, 6.07) is 0. The summed E-state index contributed by atoms with van der Waals surface area (Å²) in [6.07, 6.45) is 16.1. The van der Waals surface area contributed by atoms with Gasteiger partial charge in [0.15, 0.2) is 0 Å². The van der Waals surface area contributed by atoms with E-state index in [0.29, 0.717) is 6.61 Å². The molecule has 2 unspecified atom stereocenters. The second-order valence-corrected chi connectivity index (χ2v) is 5.82. The van der Waals surface area contributed by atoms with Gasteiger partial charge in [0.25, 0.3) is 0 Å². The Morgan fingerprint density at radius 3 is 2.29 bits per heavy atom. The number of rotatable bonds is 7. The summed E-state index contributed by atoms with van der Waals surface area (Å²) in [5.41, 5.74) is 0. The van der Waals surface area contributed by atoms with Crippen molar-refractivity contribution < 1.29 is 5.11 Å². The fraction of sp³-hybridized carbons (Fsp3) is 0.938. The van der Waals surface area contributed by atoms with Crippen molar-refractivity contribution in [2.45, 2.75) is 77.0 Å². The van der Waals surface area contributed by atoms with Gasteiger partial charge in [0, 0.05) is 6.61 Å². The lowest BCUT2D eigenvalue weighted by molar-refractivity contribution is 0.269. The van der Waals surface area contributed by atoms with Gasteiger partial charge < -0.3 is 5.11 Å². The number of hydrogen-bond acceptors (Lipinski definition) is 1. The van der Waals surface area contributed by atoms with E-state index in [-0.39, 0.29) is 0 Å². The van der Waals surface area contributed by atoms with Crippen LogP contribution in [0, 0.1) is 18.8 Å². The highest BCUT2D eigenvalue weighted by Gasteiger charge is 2.17. The average molecular weight is 239 g/mol. The lowest BCUT2D eigenvalue weighted by atomic mass is 9.81. The van der Waals surface area contributed by atoms with E-state index < -0.39 is 0 Å². The van der Waals surface area contributed by atoms with Gasteiger partial charge in [-0.15, -0.1) is 0 Å². The summed E-state index contributed by atoms with van der Waals surface area (Å²) in [4.78, 5) is 0. The number of unbranched alkanes of at least 4 members (excludes halogenated alkanes) is 3. The average Bonchev–Trinajstić information content (AvgIpc) is 2.31. The van der Waals surface area contributed by atoms with Crippen molar-refractivity contribution in [1.82, 2.24) is 0 Å². The smallest absolute Gasteiger partial charge is 0.0431 e. The molecule has 1 rings (SSSR count). The van der Waals surface area contributed by atoms with Crippen LogP contribution in [-0.2, 0) is 0 Å². The predicted octanol–water partition coefficient (Wildman–Crippen LogP) is 4.74. The summed E-state index contributed by atoms with van der Waals surface area (Å²) in [7, 11) is 0. The Bertz CT molecular complexity index is 167. The van der Waals surface area contributed by atoms with Crippen molar-refractivity contribution in [3.8, 4) is 0 Å². The van der Waals surface area contributed by atoms with Crippen LogP contribution in [0.15, 0.2) is 0 Å². The molecule has 101 valence electrons. The van der Waals surface area contributed by atoms with Gasteiger partial charge in [0.05, 0.1) is 0 Å². The van der Waals surface area contributed by atoms with Crippen LogP contribution in [-0.4, -0.2) is 11.7 Å². The van der Waals surface area contributed by atoms with Gasteiger partial charge >= 0.3 is 0 Å². The van der Waals surface area contributed by atoms with Crippen LogP contribution >= 0.6 is 0 Å². The van der Waals surface area contributed by atoms with E-state index in [2.05, 4.69) is 6.92 Å². The van der Waals surface area contributed by atoms with Crippen LogP contribution in [0.2, 0.25) is 0 Å². The van der Waals surface area contributed by atoms with Gasteiger partial charge in [-0.25, -0.2) is 0 Å². The molecule has 0 spiro atoms. The summed E-state index contributed by atoms with van der Waals surface area (Å²) < 4.78 is 0. The molecule has 2 atom stereocenters. The molecule has 1 radical (unpaired) electrons. The van der Waals surface area contributed by atoms with Gasteiger partial charge in [-0.1, -0.05) is 71.1 Å². The van der Waals surface area contributed by atoms with Gasteiger partial charge in [0.2, 0.25) is 0 Å². The molecular weight excluding hydrogens is 208 g/mol. The van der Waals surface area contributed by atoms with E-state index in [9.17, 15) is 0 Å². The zero-order chi connectivity index (χ0) is 12.3. The summed E-state index contributed by atoms with van der Waals surface area (Å²) >= 11 is 0. The molecule has 17 heavy (non-hydrogen) atoms.